The van der Waals surface area contributed by atoms with Crippen LogP contribution in [0.2, 0.25) is 0 Å². The molecule has 2 aromatic carbocycles. The molecule has 0 aliphatic carbocycles. The highest BCUT2D eigenvalue weighted by molar-refractivity contribution is 7.14. The van der Waals surface area contributed by atoms with E-state index in [1.807, 2.05) is 88.4 Å². The third kappa shape index (κ3) is 18.7. The lowest BCUT2D eigenvalue weighted by atomic mass is 9.98. The van der Waals surface area contributed by atoms with Gasteiger partial charge < -0.3 is 54.0 Å². The van der Waals surface area contributed by atoms with Crippen molar-refractivity contribution < 1.29 is 38.4 Å². The molecule has 436 valence electrons. The summed E-state index contributed by atoms with van der Waals surface area (Å²) in [5.41, 5.74) is 14.0. The van der Waals surface area contributed by atoms with E-state index in [0.29, 0.717) is 22.9 Å². The predicted molar refractivity (Wildman–Crippen MR) is 311 cm³/mol. The van der Waals surface area contributed by atoms with Gasteiger partial charge in [-0.1, -0.05) is 116 Å². The Labute approximate surface area is 478 Å². The second-order valence-corrected chi connectivity index (χ2v) is 24.6. The molecule has 4 aromatic rings. The minimum Gasteiger partial charge on any atom is -0.346 e. The van der Waals surface area contributed by atoms with Gasteiger partial charge in [-0.05, 0) is 113 Å². The van der Waals surface area contributed by atoms with Gasteiger partial charge in [0.05, 0.1) is 33.5 Å². The van der Waals surface area contributed by atoms with Gasteiger partial charge in [-0.3, -0.25) is 38.4 Å². The number of amides is 8. The largest absolute Gasteiger partial charge is 0.346 e. The van der Waals surface area contributed by atoms with Crippen LogP contribution in [0, 0.1) is 37.5 Å². The molecule has 22 heteroatoms. The van der Waals surface area contributed by atoms with E-state index in [1.54, 1.807) is 41.5 Å². The van der Waals surface area contributed by atoms with Crippen molar-refractivity contribution in [3.05, 3.63) is 103 Å². The van der Waals surface area contributed by atoms with E-state index in [1.165, 1.54) is 0 Å². The SMILES string of the molecule is Cc1nc2c(s1)C(=O)N[C@@H](C(C)C)C(=O)N[C@@H](CCCN)C(=O)N[C@@H](CC(C)C)C(=O)N[C@H](Cc1ccccc1)c1nc(C)sc1C(=O)N[C@@H](C(C)C)C(=O)N[C@@H](CCCN)C(=O)N[C@@H](CC(C)C)C(=O)N[C@@H]2Cc1ccccc1. The molecule has 12 N–H and O–H groups in total. The average Bonchev–Trinajstić information content (AvgIpc) is 4.01. The summed E-state index contributed by atoms with van der Waals surface area (Å²) in [5.74, 6) is -6.19. The van der Waals surface area contributed by atoms with Crippen molar-refractivity contribution >= 4 is 69.9 Å². The molecule has 1 aliphatic heterocycles. The molecular weight excluding hydrogens is 1060 g/mol. The van der Waals surface area contributed by atoms with E-state index < -0.39 is 107 Å². The molecule has 0 saturated heterocycles. The number of carbonyl (C=O) groups is 8. The molecule has 0 unspecified atom stereocenters. The van der Waals surface area contributed by atoms with Gasteiger partial charge in [-0.2, -0.15) is 0 Å². The average molecular weight is 1140 g/mol. The summed E-state index contributed by atoms with van der Waals surface area (Å²) >= 11 is 2.17. The third-order valence-corrected chi connectivity index (χ3v) is 15.6. The molecule has 80 heavy (non-hydrogen) atoms. The maximum atomic E-state index is 14.8. The molecular formula is C58H84N12O8S2. The fraction of sp³-hybridized carbons (Fsp3) is 0.552. The van der Waals surface area contributed by atoms with Crippen LogP contribution in [-0.2, 0) is 41.6 Å². The number of aromatic nitrogens is 2. The van der Waals surface area contributed by atoms with Gasteiger partial charge in [0.1, 0.15) is 46.0 Å². The van der Waals surface area contributed by atoms with Crippen LogP contribution in [-0.4, -0.2) is 107 Å². The fourth-order valence-electron chi connectivity index (χ4n) is 9.50. The Bertz CT molecular complexity index is 2550. The van der Waals surface area contributed by atoms with Crippen LogP contribution in [0.5, 0.6) is 0 Å². The number of rotatable bonds is 16. The summed E-state index contributed by atoms with van der Waals surface area (Å²) in [7, 11) is 0. The number of thiazole rings is 2. The second kappa shape index (κ2) is 30.8. The molecule has 0 radical (unpaired) electrons. The van der Waals surface area contributed by atoms with Crippen molar-refractivity contribution in [3.63, 3.8) is 0 Å². The molecule has 3 heterocycles. The van der Waals surface area contributed by atoms with Gasteiger partial charge in [0.2, 0.25) is 35.4 Å². The fourth-order valence-corrected chi connectivity index (χ4v) is 11.3. The van der Waals surface area contributed by atoms with Crippen molar-refractivity contribution in [1.82, 2.24) is 52.5 Å². The number of carbonyl (C=O) groups excluding carboxylic acids is 8. The first kappa shape index (κ1) is 64.2. The molecule has 0 fully saturated rings. The Morgan fingerprint density at radius 3 is 1.06 bits per heavy atom. The maximum Gasteiger partial charge on any atom is 0.264 e. The molecule has 0 bridgehead atoms. The smallest absolute Gasteiger partial charge is 0.264 e. The minimum absolute atomic E-state index is 0.101. The maximum absolute atomic E-state index is 14.8. The van der Waals surface area contributed by atoms with Gasteiger partial charge in [-0.25, -0.2) is 9.97 Å². The molecule has 5 rings (SSSR count). The Morgan fingerprint density at radius 1 is 0.438 bits per heavy atom. The molecule has 0 saturated carbocycles. The first-order chi connectivity index (χ1) is 38.0. The highest BCUT2D eigenvalue weighted by Gasteiger charge is 2.38. The van der Waals surface area contributed by atoms with Crippen molar-refractivity contribution in [2.75, 3.05) is 13.1 Å². The number of nitrogens with zero attached hydrogens (tertiary/aromatic N) is 2. The van der Waals surface area contributed by atoms with Crippen LogP contribution in [0.15, 0.2) is 60.7 Å². The molecule has 20 nitrogen and oxygen atoms in total. The van der Waals surface area contributed by atoms with Crippen LogP contribution in [0.1, 0.15) is 158 Å². The second-order valence-electron chi connectivity index (χ2n) is 22.2. The Balaban J connectivity index is 1.66. The number of hydrogen-bond donors (Lipinski definition) is 10. The molecule has 1 aliphatic rings. The zero-order valence-electron chi connectivity index (χ0n) is 47.9. The molecule has 8 atom stereocenters. The topological polar surface area (TPSA) is 311 Å². The highest BCUT2D eigenvalue weighted by atomic mass is 32.1. The molecule has 8 amide bonds. The van der Waals surface area contributed by atoms with E-state index >= 15 is 0 Å². The van der Waals surface area contributed by atoms with Crippen LogP contribution >= 0.6 is 22.7 Å². The van der Waals surface area contributed by atoms with E-state index in [0.717, 1.165) is 33.8 Å². The zero-order chi connectivity index (χ0) is 58.8. The minimum atomic E-state index is -1.18. The summed E-state index contributed by atoms with van der Waals surface area (Å²) in [6, 6.07) is 9.84. The Hall–Kier alpha value is -6.62. The molecule has 2 aromatic heterocycles. The van der Waals surface area contributed by atoms with Gasteiger partial charge in [0.25, 0.3) is 11.8 Å². The number of fused-ring (bicyclic) bond motifs is 2. The van der Waals surface area contributed by atoms with Gasteiger partial charge in [-0.15, -0.1) is 22.7 Å². The number of hydrogen-bond acceptors (Lipinski definition) is 14. The lowest BCUT2D eigenvalue weighted by molar-refractivity contribution is -0.133. The van der Waals surface area contributed by atoms with Crippen molar-refractivity contribution in [3.8, 4) is 0 Å². The Kier molecular flexibility index (Phi) is 24.7. The number of benzene rings is 2. The lowest BCUT2D eigenvalue weighted by Crippen LogP contribution is -2.58. The summed E-state index contributed by atoms with van der Waals surface area (Å²) in [4.78, 5) is 127. The van der Waals surface area contributed by atoms with Gasteiger partial charge in [0.15, 0.2) is 0 Å². The summed E-state index contributed by atoms with van der Waals surface area (Å²) in [6.45, 7) is 18.5. The third-order valence-electron chi connectivity index (χ3n) is 13.6. The van der Waals surface area contributed by atoms with Crippen LogP contribution < -0.4 is 54.0 Å². The van der Waals surface area contributed by atoms with Crippen LogP contribution in [0.3, 0.4) is 0 Å². The highest BCUT2D eigenvalue weighted by Crippen LogP contribution is 2.30. The number of nitrogens with one attached hydrogen (secondary N) is 8. The predicted octanol–water partition coefficient (Wildman–Crippen LogP) is 4.75. The summed E-state index contributed by atoms with van der Waals surface area (Å²) in [6.07, 6.45) is 1.64. The van der Waals surface area contributed by atoms with Crippen molar-refractivity contribution in [2.45, 2.75) is 169 Å². The number of nitrogens with two attached hydrogens (primary N) is 2. The normalized spacial score (nSPS) is 22.7. The van der Waals surface area contributed by atoms with Crippen LogP contribution in [0.4, 0.5) is 0 Å². The van der Waals surface area contributed by atoms with Gasteiger partial charge >= 0.3 is 0 Å². The zero-order valence-corrected chi connectivity index (χ0v) is 49.5. The molecule has 0 spiro atoms. The Morgan fingerprint density at radius 2 is 0.750 bits per heavy atom. The summed E-state index contributed by atoms with van der Waals surface area (Å²) in [5, 5.41) is 24.6. The van der Waals surface area contributed by atoms with E-state index in [-0.39, 0.29) is 84.6 Å². The summed E-state index contributed by atoms with van der Waals surface area (Å²) < 4.78 is 0. The van der Waals surface area contributed by atoms with Crippen molar-refractivity contribution in [2.24, 2.45) is 35.1 Å². The first-order valence-electron chi connectivity index (χ1n) is 27.9. The van der Waals surface area contributed by atoms with E-state index in [4.69, 9.17) is 21.4 Å². The van der Waals surface area contributed by atoms with Gasteiger partial charge in [0, 0.05) is 0 Å². The van der Waals surface area contributed by atoms with E-state index in [9.17, 15) is 38.4 Å². The standard InChI is InChI=1S/C58H84N12O8S2/c1-31(2)27-43-53(73)65-41(29-37-19-13-11-14-20-37)47-49(79-35(9)61-47)57(77)70-46(34(7)8)56(76)64-40(24-18-26-60)52(72)68-44(28-32(3)4)54(74)66-42(30-38-21-15-12-16-22-38)48-50(80-36(10)62-48)58(78)69-45(33(5)6)55(75)63-39(23-17-25-59)51(71)67-43/h11-16,19-22,31-34,39-46H,17-18,23-30,59-60H2,1-10H3,(H,63,75)(H,64,76)(H,65,73)(H,66,74)(H,67,71)(H,68,72)(H,69,78)(H,70,77)/t39-,40-,41+,42+,43-,44-,45-,46-/m0/s1. The number of aryl methyl sites for hydroxylation is 2. The van der Waals surface area contributed by atoms with E-state index in [2.05, 4.69) is 42.5 Å². The lowest BCUT2D eigenvalue weighted by Gasteiger charge is -2.29. The monoisotopic (exact) mass is 1140 g/mol. The van der Waals surface area contributed by atoms with Crippen molar-refractivity contribution in [1.29, 1.82) is 0 Å². The van der Waals surface area contributed by atoms with Crippen LogP contribution in [0.25, 0.3) is 0 Å². The quantitative estimate of drug-likeness (QED) is 0.0727. The first-order valence-corrected chi connectivity index (χ1v) is 29.5.